The number of aromatic nitrogens is 2. The fourth-order valence-corrected chi connectivity index (χ4v) is 4.13. The normalized spacial score (nSPS) is 11.6. The van der Waals surface area contributed by atoms with Crippen LogP contribution in [0.4, 0.5) is 10.6 Å². The smallest absolute Gasteiger partial charge is 0.407 e. The van der Waals surface area contributed by atoms with Crippen LogP contribution in [0.5, 0.6) is 5.88 Å². The number of amides is 1. The Labute approximate surface area is 218 Å². The van der Waals surface area contributed by atoms with E-state index < -0.39 is 21.5 Å². The summed E-state index contributed by atoms with van der Waals surface area (Å²) in [5.74, 6) is 1.21. The molecule has 2 aromatic heterocycles. The van der Waals surface area contributed by atoms with Crippen molar-refractivity contribution in [2.24, 2.45) is 0 Å². The summed E-state index contributed by atoms with van der Waals surface area (Å²) in [6.45, 7) is 6.66. The summed E-state index contributed by atoms with van der Waals surface area (Å²) in [6, 6.07) is 12.4. The lowest BCUT2D eigenvalue weighted by Crippen LogP contribution is -2.33. The van der Waals surface area contributed by atoms with Crippen molar-refractivity contribution in [3.8, 4) is 28.1 Å². The Morgan fingerprint density at radius 2 is 1.57 bits per heavy atom. The van der Waals surface area contributed by atoms with Crippen LogP contribution >= 0.6 is 0 Å². The fourth-order valence-electron chi connectivity index (χ4n) is 3.50. The Bertz CT molecular complexity index is 1300. The van der Waals surface area contributed by atoms with Gasteiger partial charge in [-0.3, -0.25) is 0 Å². The van der Waals surface area contributed by atoms with Gasteiger partial charge in [0.05, 0.1) is 12.0 Å². The highest BCUT2D eigenvalue weighted by Crippen LogP contribution is 2.32. The molecule has 1 amide bonds. The van der Waals surface area contributed by atoms with E-state index in [2.05, 4.69) is 20.6 Å². The van der Waals surface area contributed by atoms with E-state index >= 15 is 0 Å². The average Bonchev–Trinajstić information content (AvgIpc) is 2.85. The number of ether oxygens (including phenoxy) is 2. The Hall–Kier alpha value is -3.66. The third-order valence-corrected chi connectivity index (χ3v) is 6.45. The number of pyridine rings is 2. The van der Waals surface area contributed by atoms with Gasteiger partial charge in [0.1, 0.15) is 11.4 Å². The van der Waals surface area contributed by atoms with E-state index in [0.29, 0.717) is 24.8 Å². The van der Waals surface area contributed by atoms with Crippen molar-refractivity contribution in [3.63, 3.8) is 0 Å². The Kier molecular flexibility index (Phi) is 9.09. The zero-order valence-electron chi connectivity index (χ0n) is 21.9. The minimum Gasteiger partial charge on any atom is -0.481 e. The number of hydrogen-bond donors (Lipinski definition) is 2. The number of methoxy groups -OCH3 is 1. The fraction of sp³-hybridized carbons (Fsp3) is 0.370. The van der Waals surface area contributed by atoms with Gasteiger partial charge in [-0.1, -0.05) is 12.1 Å². The molecule has 0 unspecified atom stereocenters. The highest BCUT2D eigenvalue weighted by Gasteiger charge is 2.15. The first-order valence-corrected chi connectivity index (χ1v) is 13.9. The molecule has 0 saturated carbocycles. The Morgan fingerprint density at radius 3 is 2.16 bits per heavy atom. The van der Waals surface area contributed by atoms with Crippen LogP contribution in [0, 0.1) is 0 Å². The minimum absolute atomic E-state index is 0.267. The Morgan fingerprint density at radius 1 is 0.919 bits per heavy atom. The summed E-state index contributed by atoms with van der Waals surface area (Å²) in [5, 5.41) is 6.14. The number of benzene rings is 1. The van der Waals surface area contributed by atoms with Gasteiger partial charge in [-0.05, 0) is 63.4 Å². The summed E-state index contributed by atoms with van der Waals surface area (Å²) < 4.78 is 34.0. The minimum atomic E-state index is -3.27. The summed E-state index contributed by atoms with van der Waals surface area (Å²) in [4.78, 5) is 21.0. The number of alkyl carbamates (subject to hydrolysis) is 1. The zero-order valence-corrected chi connectivity index (χ0v) is 22.7. The number of nitrogens with one attached hydrogen (secondary N) is 2. The van der Waals surface area contributed by atoms with E-state index in [1.165, 1.54) is 6.26 Å². The van der Waals surface area contributed by atoms with Crippen LogP contribution in [0.1, 0.15) is 33.6 Å². The molecule has 0 fully saturated rings. The SMILES string of the molecule is COc1ccc(-c2cc(-c3ccc(S(C)(=O)=O)cc3)cnc2NCCCCNC(=O)OC(C)(C)C)cn1. The molecule has 0 aliphatic rings. The first-order chi connectivity index (χ1) is 17.5. The lowest BCUT2D eigenvalue weighted by molar-refractivity contribution is 0.0527. The topological polar surface area (TPSA) is 120 Å². The number of rotatable bonds is 10. The first kappa shape index (κ1) is 27.9. The summed E-state index contributed by atoms with van der Waals surface area (Å²) in [7, 11) is -1.71. The summed E-state index contributed by atoms with van der Waals surface area (Å²) in [6.07, 6.45) is 5.83. The van der Waals surface area contributed by atoms with Crippen LogP contribution in [0.2, 0.25) is 0 Å². The van der Waals surface area contributed by atoms with Gasteiger partial charge in [0.25, 0.3) is 0 Å². The number of unbranched alkanes of at least 4 members (excludes halogenated alkanes) is 1. The van der Waals surface area contributed by atoms with E-state index in [0.717, 1.165) is 35.1 Å². The maximum absolute atomic E-state index is 11.8. The van der Waals surface area contributed by atoms with Crippen LogP contribution in [-0.2, 0) is 14.6 Å². The van der Waals surface area contributed by atoms with Gasteiger partial charge >= 0.3 is 6.09 Å². The molecule has 0 bridgehead atoms. The molecule has 0 aliphatic heterocycles. The van der Waals surface area contributed by atoms with Gasteiger partial charge in [-0.25, -0.2) is 23.2 Å². The third-order valence-electron chi connectivity index (χ3n) is 5.32. The third kappa shape index (κ3) is 8.45. The molecular formula is C27H34N4O5S. The Balaban J connectivity index is 1.72. The zero-order chi connectivity index (χ0) is 27.1. The molecule has 3 rings (SSSR count). The van der Waals surface area contributed by atoms with E-state index in [-0.39, 0.29) is 4.90 Å². The van der Waals surface area contributed by atoms with Gasteiger partial charge in [0.2, 0.25) is 5.88 Å². The maximum atomic E-state index is 11.8. The van der Waals surface area contributed by atoms with Crippen LogP contribution in [0.15, 0.2) is 59.8 Å². The second-order valence-corrected chi connectivity index (χ2v) is 11.6. The van der Waals surface area contributed by atoms with Crippen molar-refractivity contribution in [3.05, 3.63) is 54.9 Å². The van der Waals surface area contributed by atoms with Crippen molar-refractivity contribution in [2.75, 3.05) is 31.8 Å². The molecule has 198 valence electrons. The van der Waals surface area contributed by atoms with E-state index in [4.69, 9.17) is 9.47 Å². The largest absolute Gasteiger partial charge is 0.481 e. The number of anilines is 1. The quantitative estimate of drug-likeness (QED) is 0.357. The van der Waals surface area contributed by atoms with Gasteiger partial charge in [-0.2, -0.15) is 0 Å². The molecule has 0 atom stereocenters. The van der Waals surface area contributed by atoms with Gasteiger partial charge < -0.3 is 20.1 Å². The van der Waals surface area contributed by atoms with Crippen molar-refractivity contribution in [1.29, 1.82) is 0 Å². The molecule has 2 heterocycles. The molecule has 1 aromatic carbocycles. The average molecular weight is 527 g/mol. The second-order valence-electron chi connectivity index (χ2n) is 9.57. The highest BCUT2D eigenvalue weighted by atomic mass is 32.2. The van der Waals surface area contributed by atoms with E-state index in [9.17, 15) is 13.2 Å². The molecule has 0 aliphatic carbocycles. The molecule has 3 aromatic rings. The molecule has 37 heavy (non-hydrogen) atoms. The van der Waals surface area contributed by atoms with Crippen molar-refractivity contribution in [1.82, 2.24) is 15.3 Å². The standard InChI is InChI=1S/C27H34N4O5S/c1-27(2,3)36-26(32)29-15-7-6-14-28-25-23(20-10-13-24(35-4)30-17-20)16-21(18-31-25)19-8-11-22(12-9-19)37(5,33)34/h8-13,16-18H,6-7,14-15H2,1-5H3,(H,28,31)(H,29,32). The number of hydrogen-bond acceptors (Lipinski definition) is 8. The maximum Gasteiger partial charge on any atom is 0.407 e. The number of nitrogens with zero attached hydrogens (tertiary/aromatic N) is 2. The molecule has 0 saturated heterocycles. The van der Waals surface area contributed by atoms with Crippen LogP contribution < -0.4 is 15.4 Å². The van der Waals surface area contributed by atoms with Crippen LogP contribution in [0.3, 0.4) is 0 Å². The lowest BCUT2D eigenvalue weighted by Gasteiger charge is -2.19. The molecule has 0 spiro atoms. The molecule has 0 radical (unpaired) electrons. The molecule has 2 N–H and O–H groups in total. The van der Waals surface area contributed by atoms with Gasteiger partial charge in [0, 0.05) is 54.5 Å². The second kappa shape index (κ2) is 12.1. The van der Waals surface area contributed by atoms with E-state index in [1.807, 2.05) is 32.9 Å². The summed E-state index contributed by atoms with van der Waals surface area (Å²) >= 11 is 0. The van der Waals surface area contributed by atoms with Gasteiger partial charge in [-0.15, -0.1) is 0 Å². The van der Waals surface area contributed by atoms with E-state index in [1.54, 1.807) is 49.8 Å². The predicted octanol–water partition coefficient (Wildman–Crippen LogP) is 4.94. The number of sulfone groups is 1. The summed E-state index contributed by atoms with van der Waals surface area (Å²) in [5.41, 5.74) is 2.88. The lowest BCUT2D eigenvalue weighted by atomic mass is 10.0. The van der Waals surface area contributed by atoms with Crippen LogP contribution in [0.25, 0.3) is 22.3 Å². The molecule has 10 heteroatoms. The van der Waals surface area contributed by atoms with Crippen molar-refractivity contribution in [2.45, 2.75) is 44.1 Å². The first-order valence-electron chi connectivity index (χ1n) is 12.0. The predicted molar refractivity (Wildman–Crippen MR) is 145 cm³/mol. The van der Waals surface area contributed by atoms with Crippen molar-refractivity contribution >= 4 is 21.7 Å². The molecule has 9 nitrogen and oxygen atoms in total. The van der Waals surface area contributed by atoms with Crippen molar-refractivity contribution < 1.29 is 22.7 Å². The number of carbonyl (C=O) groups excluding carboxylic acids is 1. The van der Waals surface area contributed by atoms with Gasteiger partial charge in [0.15, 0.2) is 9.84 Å². The number of carbonyl (C=O) groups is 1. The molecular weight excluding hydrogens is 492 g/mol. The monoisotopic (exact) mass is 526 g/mol. The van der Waals surface area contributed by atoms with Crippen LogP contribution in [-0.4, -0.2) is 56.5 Å². The highest BCUT2D eigenvalue weighted by molar-refractivity contribution is 7.90.